The molecule has 0 spiro atoms. The van der Waals surface area contributed by atoms with Crippen molar-refractivity contribution in [1.29, 1.82) is 0 Å². The summed E-state index contributed by atoms with van der Waals surface area (Å²) < 4.78 is 5.14. The average Bonchev–Trinajstić information content (AvgIpc) is 2.28. The Morgan fingerprint density at radius 2 is 2.12 bits per heavy atom. The van der Waals surface area contributed by atoms with Crippen molar-refractivity contribution in [2.75, 3.05) is 12.8 Å². The number of nitrogens with two attached hydrogens (primary N) is 1. The Hall–Kier alpha value is -1.88. The van der Waals surface area contributed by atoms with E-state index >= 15 is 0 Å². The third kappa shape index (κ3) is 3.04. The fourth-order valence-corrected chi connectivity index (χ4v) is 1.64. The molecule has 0 saturated heterocycles. The Kier molecular flexibility index (Phi) is 3.39. The summed E-state index contributed by atoms with van der Waals surface area (Å²) in [7, 11) is 1.62. The van der Waals surface area contributed by atoms with E-state index in [1.54, 1.807) is 7.11 Å². The lowest BCUT2D eigenvalue weighted by molar-refractivity contribution is 0.414. The quantitative estimate of drug-likeness (QED) is 0.898. The number of halogens is 1. The van der Waals surface area contributed by atoms with Gasteiger partial charge in [0.1, 0.15) is 11.6 Å². The van der Waals surface area contributed by atoms with Crippen molar-refractivity contribution in [3.05, 3.63) is 40.9 Å². The summed E-state index contributed by atoms with van der Waals surface area (Å²) in [6.07, 6.45) is 0.531. The minimum atomic E-state index is 0.107. The molecule has 2 aromatic rings. The summed E-state index contributed by atoms with van der Waals surface area (Å²) in [5.74, 6) is 1.45. The van der Waals surface area contributed by atoms with Crippen LogP contribution in [0.3, 0.4) is 0 Å². The first-order valence-corrected chi connectivity index (χ1v) is 5.34. The van der Waals surface area contributed by atoms with E-state index in [1.165, 1.54) is 0 Å². The number of aromatic nitrogens is 3. The van der Waals surface area contributed by atoms with Gasteiger partial charge in [0.05, 0.1) is 7.11 Å². The van der Waals surface area contributed by atoms with Crippen LogP contribution < -0.4 is 10.5 Å². The zero-order valence-corrected chi connectivity index (χ0v) is 9.98. The number of benzene rings is 1. The Balaban J connectivity index is 2.24. The van der Waals surface area contributed by atoms with Gasteiger partial charge in [0, 0.05) is 6.42 Å². The highest BCUT2D eigenvalue weighted by Crippen LogP contribution is 2.15. The lowest BCUT2D eigenvalue weighted by Gasteiger charge is -2.04. The number of hydrogen-bond donors (Lipinski definition) is 1. The van der Waals surface area contributed by atoms with E-state index in [2.05, 4.69) is 15.0 Å². The van der Waals surface area contributed by atoms with Gasteiger partial charge in [-0.15, -0.1) is 0 Å². The van der Waals surface area contributed by atoms with E-state index in [0.29, 0.717) is 12.2 Å². The van der Waals surface area contributed by atoms with Crippen LogP contribution in [0.2, 0.25) is 5.28 Å². The fourth-order valence-electron chi connectivity index (χ4n) is 1.45. The van der Waals surface area contributed by atoms with Crippen LogP contribution >= 0.6 is 11.6 Å². The van der Waals surface area contributed by atoms with Gasteiger partial charge in [-0.1, -0.05) is 12.1 Å². The Labute approximate surface area is 104 Å². The molecule has 88 valence electrons. The van der Waals surface area contributed by atoms with Crippen LogP contribution in [0.15, 0.2) is 24.3 Å². The van der Waals surface area contributed by atoms with E-state index in [-0.39, 0.29) is 11.2 Å². The molecule has 0 atom stereocenters. The molecule has 0 unspecified atom stereocenters. The highest BCUT2D eigenvalue weighted by atomic mass is 35.5. The number of rotatable bonds is 3. The Morgan fingerprint density at radius 3 is 2.82 bits per heavy atom. The molecule has 6 heteroatoms. The largest absolute Gasteiger partial charge is 0.497 e. The maximum absolute atomic E-state index is 5.71. The molecular weight excluding hydrogens is 240 g/mol. The second kappa shape index (κ2) is 4.97. The molecule has 17 heavy (non-hydrogen) atoms. The molecule has 0 saturated carbocycles. The first-order valence-electron chi connectivity index (χ1n) is 4.96. The average molecular weight is 251 g/mol. The van der Waals surface area contributed by atoms with Gasteiger partial charge in [-0.05, 0) is 29.3 Å². The molecule has 0 fully saturated rings. The third-order valence-corrected chi connectivity index (χ3v) is 2.34. The summed E-state index contributed by atoms with van der Waals surface area (Å²) in [5.41, 5.74) is 6.52. The highest BCUT2D eigenvalue weighted by Gasteiger charge is 2.04. The van der Waals surface area contributed by atoms with Crippen LogP contribution in [0, 0.1) is 0 Å². The molecule has 1 aromatic heterocycles. The normalized spacial score (nSPS) is 10.2. The number of anilines is 1. The number of nitrogens with zero attached hydrogens (tertiary/aromatic N) is 3. The maximum Gasteiger partial charge on any atom is 0.227 e. The van der Waals surface area contributed by atoms with Crippen LogP contribution in [-0.4, -0.2) is 22.1 Å². The number of ether oxygens (including phenoxy) is 1. The molecule has 0 aliphatic rings. The SMILES string of the molecule is COc1cccc(Cc2nc(N)nc(Cl)n2)c1. The zero-order valence-electron chi connectivity index (χ0n) is 9.22. The van der Waals surface area contributed by atoms with Crippen molar-refractivity contribution in [2.24, 2.45) is 0 Å². The summed E-state index contributed by atoms with van der Waals surface area (Å²) in [5, 5.41) is 0.107. The fraction of sp³-hybridized carbons (Fsp3) is 0.182. The molecule has 0 radical (unpaired) electrons. The molecule has 1 aromatic carbocycles. The number of nitrogen functional groups attached to an aromatic ring is 1. The monoisotopic (exact) mass is 250 g/mol. The van der Waals surface area contributed by atoms with Crippen molar-refractivity contribution >= 4 is 17.5 Å². The van der Waals surface area contributed by atoms with Crippen molar-refractivity contribution in [3.8, 4) is 5.75 Å². The van der Waals surface area contributed by atoms with Gasteiger partial charge in [0.25, 0.3) is 0 Å². The summed E-state index contributed by atoms with van der Waals surface area (Å²) in [6, 6.07) is 7.64. The lowest BCUT2D eigenvalue weighted by atomic mass is 10.1. The second-order valence-electron chi connectivity index (χ2n) is 3.41. The predicted molar refractivity (Wildman–Crippen MR) is 65.0 cm³/mol. The summed E-state index contributed by atoms with van der Waals surface area (Å²) >= 11 is 5.71. The van der Waals surface area contributed by atoms with Gasteiger partial charge in [-0.3, -0.25) is 0 Å². The molecule has 0 amide bonds. The van der Waals surface area contributed by atoms with E-state index in [9.17, 15) is 0 Å². The maximum atomic E-state index is 5.71. The van der Waals surface area contributed by atoms with Gasteiger partial charge >= 0.3 is 0 Å². The first kappa shape index (κ1) is 11.6. The molecule has 0 bridgehead atoms. The predicted octanol–water partition coefficient (Wildman–Crippen LogP) is 1.71. The number of methoxy groups -OCH3 is 1. The van der Waals surface area contributed by atoms with E-state index in [1.807, 2.05) is 24.3 Å². The van der Waals surface area contributed by atoms with Crippen LogP contribution in [0.4, 0.5) is 5.95 Å². The smallest absolute Gasteiger partial charge is 0.227 e. The molecular formula is C11H11ClN4O. The molecule has 1 heterocycles. The zero-order chi connectivity index (χ0) is 12.3. The standard InChI is InChI=1S/C11H11ClN4O/c1-17-8-4-2-3-7(5-8)6-9-14-10(12)16-11(13)15-9/h2-5H,6H2,1H3,(H2,13,14,15,16). The first-order chi connectivity index (χ1) is 8.17. The summed E-state index contributed by atoms with van der Waals surface area (Å²) in [4.78, 5) is 11.7. The van der Waals surface area contributed by atoms with Crippen LogP contribution in [0.1, 0.15) is 11.4 Å². The topological polar surface area (TPSA) is 73.9 Å². The second-order valence-corrected chi connectivity index (χ2v) is 3.75. The van der Waals surface area contributed by atoms with Gasteiger partial charge < -0.3 is 10.5 Å². The molecule has 0 aliphatic carbocycles. The lowest BCUT2D eigenvalue weighted by Crippen LogP contribution is -2.03. The van der Waals surface area contributed by atoms with Gasteiger partial charge in [-0.2, -0.15) is 9.97 Å². The van der Waals surface area contributed by atoms with Crippen LogP contribution in [0.5, 0.6) is 5.75 Å². The Bertz CT molecular complexity index is 512. The van der Waals surface area contributed by atoms with Gasteiger partial charge in [-0.25, -0.2) is 4.98 Å². The third-order valence-electron chi connectivity index (χ3n) is 2.17. The molecule has 5 nitrogen and oxygen atoms in total. The minimum Gasteiger partial charge on any atom is -0.497 e. The molecule has 0 aliphatic heterocycles. The minimum absolute atomic E-state index is 0.107. The molecule has 2 rings (SSSR count). The highest BCUT2D eigenvalue weighted by molar-refractivity contribution is 6.28. The van der Waals surface area contributed by atoms with Crippen LogP contribution in [0.25, 0.3) is 0 Å². The van der Waals surface area contributed by atoms with Gasteiger partial charge in [0.15, 0.2) is 0 Å². The molecule has 2 N–H and O–H groups in total. The van der Waals surface area contributed by atoms with Crippen LogP contribution in [-0.2, 0) is 6.42 Å². The van der Waals surface area contributed by atoms with Crippen molar-refractivity contribution in [2.45, 2.75) is 6.42 Å². The Morgan fingerprint density at radius 1 is 1.29 bits per heavy atom. The summed E-state index contributed by atoms with van der Waals surface area (Å²) in [6.45, 7) is 0. The number of hydrogen-bond acceptors (Lipinski definition) is 5. The van der Waals surface area contributed by atoms with E-state index in [4.69, 9.17) is 22.1 Å². The van der Waals surface area contributed by atoms with Crippen molar-refractivity contribution < 1.29 is 4.74 Å². The van der Waals surface area contributed by atoms with E-state index in [0.717, 1.165) is 11.3 Å². The van der Waals surface area contributed by atoms with E-state index < -0.39 is 0 Å². The van der Waals surface area contributed by atoms with Gasteiger partial charge in [0.2, 0.25) is 11.2 Å². The van der Waals surface area contributed by atoms with Crippen molar-refractivity contribution in [1.82, 2.24) is 15.0 Å². The van der Waals surface area contributed by atoms with Crippen molar-refractivity contribution in [3.63, 3.8) is 0 Å².